The van der Waals surface area contributed by atoms with E-state index in [4.69, 9.17) is 5.11 Å². The Morgan fingerprint density at radius 1 is 1.00 bits per heavy atom. The van der Waals surface area contributed by atoms with Crippen LogP contribution in [0.3, 0.4) is 0 Å². The number of rotatable bonds is 7. The summed E-state index contributed by atoms with van der Waals surface area (Å²) in [6, 6.07) is 15.2. The van der Waals surface area contributed by atoms with Crippen molar-refractivity contribution >= 4 is 17.8 Å². The number of amides is 2. The highest BCUT2D eigenvalue weighted by Crippen LogP contribution is 2.16. The molecule has 0 bridgehead atoms. The lowest BCUT2D eigenvalue weighted by Gasteiger charge is -2.18. The van der Waals surface area contributed by atoms with Gasteiger partial charge in [-0.25, -0.2) is 4.79 Å². The first-order valence-electron chi connectivity index (χ1n) is 7.86. The van der Waals surface area contributed by atoms with Crippen molar-refractivity contribution in [1.82, 2.24) is 10.6 Å². The van der Waals surface area contributed by atoms with E-state index in [1.165, 1.54) is 19.1 Å². The van der Waals surface area contributed by atoms with Gasteiger partial charge in [0.2, 0.25) is 11.8 Å². The molecule has 2 aromatic carbocycles. The predicted molar refractivity (Wildman–Crippen MR) is 92.9 cm³/mol. The van der Waals surface area contributed by atoms with Gasteiger partial charge < -0.3 is 15.7 Å². The van der Waals surface area contributed by atoms with Gasteiger partial charge in [0, 0.05) is 13.5 Å². The summed E-state index contributed by atoms with van der Waals surface area (Å²) in [5.41, 5.74) is 1.86. The smallest absolute Gasteiger partial charge is 0.335 e. The molecule has 0 saturated carbocycles. The maximum atomic E-state index is 12.2. The van der Waals surface area contributed by atoms with E-state index in [2.05, 4.69) is 10.6 Å². The molecule has 3 N–H and O–H groups in total. The minimum atomic E-state index is -0.989. The molecule has 0 radical (unpaired) electrons. The summed E-state index contributed by atoms with van der Waals surface area (Å²) in [4.78, 5) is 34.4. The highest BCUT2D eigenvalue weighted by atomic mass is 16.4. The lowest BCUT2D eigenvalue weighted by Crippen LogP contribution is -2.32. The van der Waals surface area contributed by atoms with Gasteiger partial charge in [0.25, 0.3) is 0 Å². The molecule has 2 rings (SSSR count). The molecule has 0 saturated heterocycles. The van der Waals surface area contributed by atoms with Crippen LogP contribution in [0.1, 0.15) is 40.9 Å². The van der Waals surface area contributed by atoms with Crippen LogP contribution in [0.4, 0.5) is 0 Å². The van der Waals surface area contributed by atoms with Crippen LogP contribution in [-0.2, 0) is 16.1 Å². The maximum absolute atomic E-state index is 12.2. The molecular formula is C19H20N2O4. The van der Waals surface area contributed by atoms with Crippen LogP contribution in [-0.4, -0.2) is 22.9 Å². The number of benzene rings is 2. The fourth-order valence-electron chi connectivity index (χ4n) is 2.41. The normalized spacial score (nSPS) is 11.4. The molecule has 2 aromatic rings. The van der Waals surface area contributed by atoms with Crippen molar-refractivity contribution in [3.8, 4) is 0 Å². The van der Waals surface area contributed by atoms with Crippen molar-refractivity contribution in [1.29, 1.82) is 0 Å². The molecule has 0 fully saturated rings. The molecule has 0 heterocycles. The SMILES string of the molecule is CC(=O)N[C@@H](CC(=O)NCc1ccc(C(=O)O)cc1)c1ccccc1. The molecule has 0 spiro atoms. The van der Waals surface area contributed by atoms with E-state index in [1.54, 1.807) is 12.1 Å². The number of carboxylic acid groups (broad SMARTS) is 1. The molecule has 0 unspecified atom stereocenters. The largest absolute Gasteiger partial charge is 0.478 e. The fraction of sp³-hybridized carbons (Fsp3) is 0.211. The van der Waals surface area contributed by atoms with Crippen LogP contribution in [0.5, 0.6) is 0 Å². The minimum Gasteiger partial charge on any atom is -0.478 e. The molecule has 25 heavy (non-hydrogen) atoms. The Bertz CT molecular complexity index is 742. The molecule has 0 aliphatic carbocycles. The predicted octanol–water partition coefficient (Wildman–Crippen LogP) is 2.27. The monoisotopic (exact) mass is 340 g/mol. The van der Waals surface area contributed by atoms with Gasteiger partial charge >= 0.3 is 5.97 Å². The zero-order valence-electron chi connectivity index (χ0n) is 13.9. The van der Waals surface area contributed by atoms with Crippen LogP contribution in [0, 0.1) is 0 Å². The summed E-state index contributed by atoms with van der Waals surface area (Å²) in [5.74, 6) is -1.40. The van der Waals surface area contributed by atoms with E-state index < -0.39 is 12.0 Å². The van der Waals surface area contributed by atoms with Gasteiger partial charge in [-0.15, -0.1) is 0 Å². The molecule has 2 amide bonds. The topological polar surface area (TPSA) is 95.5 Å². The van der Waals surface area contributed by atoms with Gasteiger partial charge in [-0.1, -0.05) is 42.5 Å². The van der Waals surface area contributed by atoms with Crippen LogP contribution < -0.4 is 10.6 Å². The van der Waals surface area contributed by atoms with Gasteiger partial charge in [-0.2, -0.15) is 0 Å². The first-order valence-corrected chi connectivity index (χ1v) is 7.86. The van der Waals surface area contributed by atoms with Gasteiger partial charge in [-0.3, -0.25) is 9.59 Å². The lowest BCUT2D eigenvalue weighted by molar-refractivity contribution is -0.122. The molecular weight excluding hydrogens is 320 g/mol. The van der Waals surface area contributed by atoms with Crippen molar-refractivity contribution in [3.05, 3.63) is 71.3 Å². The van der Waals surface area contributed by atoms with E-state index in [-0.39, 0.29) is 23.8 Å². The lowest BCUT2D eigenvalue weighted by atomic mass is 10.0. The maximum Gasteiger partial charge on any atom is 0.335 e. The minimum absolute atomic E-state index is 0.122. The van der Waals surface area contributed by atoms with Crippen molar-refractivity contribution < 1.29 is 19.5 Å². The number of hydrogen-bond donors (Lipinski definition) is 3. The number of carbonyl (C=O) groups is 3. The Hall–Kier alpha value is -3.15. The Kier molecular flexibility index (Phi) is 6.28. The molecule has 0 aliphatic rings. The van der Waals surface area contributed by atoms with E-state index in [0.717, 1.165) is 11.1 Å². The molecule has 130 valence electrons. The van der Waals surface area contributed by atoms with Gasteiger partial charge in [0.1, 0.15) is 0 Å². The standard InChI is InChI=1S/C19H20N2O4/c1-13(22)21-17(15-5-3-2-4-6-15)11-18(23)20-12-14-7-9-16(10-8-14)19(24)25/h2-10,17H,11-12H2,1H3,(H,20,23)(H,21,22)(H,24,25)/t17-/m0/s1. The number of aromatic carboxylic acids is 1. The molecule has 6 nitrogen and oxygen atoms in total. The summed E-state index contributed by atoms with van der Waals surface area (Å²) in [6.07, 6.45) is 0.122. The van der Waals surface area contributed by atoms with Gasteiger partial charge in [0.05, 0.1) is 18.0 Å². The third-order valence-corrected chi connectivity index (χ3v) is 3.66. The molecule has 0 aliphatic heterocycles. The average molecular weight is 340 g/mol. The first kappa shape index (κ1) is 18.2. The van der Waals surface area contributed by atoms with E-state index >= 15 is 0 Å². The first-order chi connectivity index (χ1) is 12.0. The van der Waals surface area contributed by atoms with Crippen molar-refractivity contribution in [2.75, 3.05) is 0 Å². The summed E-state index contributed by atoms with van der Waals surface area (Å²) in [6.45, 7) is 1.71. The summed E-state index contributed by atoms with van der Waals surface area (Å²) in [5, 5.41) is 14.4. The highest BCUT2D eigenvalue weighted by Gasteiger charge is 2.16. The second-order valence-electron chi connectivity index (χ2n) is 5.65. The Balaban J connectivity index is 1.94. The van der Waals surface area contributed by atoms with Gasteiger partial charge in [0.15, 0.2) is 0 Å². The van der Waals surface area contributed by atoms with E-state index in [1.807, 2.05) is 30.3 Å². The number of carbonyl (C=O) groups excluding carboxylic acids is 2. The summed E-state index contributed by atoms with van der Waals surface area (Å²) < 4.78 is 0. The summed E-state index contributed by atoms with van der Waals surface area (Å²) >= 11 is 0. The third kappa shape index (κ3) is 5.76. The molecule has 6 heteroatoms. The highest BCUT2D eigenvalue weighted by molar-refractivity contribution is 5.87. The zero-order valence-corrected chi connectivity index (χ0v) is 13.9. The second kappa shape index (κ2) is 8.63. The number of carboxylic acids is 1. The Morgan fingerprint density at radius 2 is 1.64 bits per heavy atom. The van der Waals surface area contributed by atoms with Crippen LogP contribution in [0.25, 0.3) is 0 Å². The van der Waals surface area contributed by atoms with Crippen molar-refractivity contribution in [3.63, 3.8) is 0 Å². The Labute approximate surface area is 145 Å². The van der Waals surface area contributed by atoms with E-state index in [9.17, 15) is 14.4 Å². The van der Waals surface area contributed by atoms with Crippen molar-refractivity contribution in [2.24, 2.45) is 0 Å². The van der Waals surface area contributed by atoms with Crippen LogP contribution >= 0.6 is 0 Å². The fourth-order valence-corrected chi connectivity index (χ4v) is 2.41. The second-order valence-corrected chi connectivity index (χ2v) is 5.65. The average Bonchev–Trinajstić information content (AvgIpc) is 2.60. The number of nitrogens with one attached hydrogen (secondary N) is 2. The number of hydrogen-bond acceptors (Lipinski definition) is 3. The van der Waals surface area contributed by atoms with Crippen LogP contribution in [0.2, 0.25) is 0 Å². The zero-order chi connectivity index (χ0) is 18.2. The van der Waals surface area contributed by atoms with Crippen LogP contribution in [0.15, 0.2) is 54.6 Å². The molecule has 0 aromatic heterocycles. The molecule has 1 atom stereocenters. The summed E-state index contributed by atoms with van der Waals surface area (Å²) in [7, 11) is 0. The Morgan fingerprint density at radius 3 is 2.20 bits per heavy atom. The third-order valence-electron chi connectivity index (χ3n) is 3.66. The van der Waals surface area contributed by atoms with Crippen molar-refractivity contribution in [2.45, 2.75) is 25.9 Å². The quantitative estimate of drug-likeness (QED) is 0.720. The van der Waals surface area contributed by atoms with Gasteiger partial charge in [-0.05, 0) is 23.3 Å². The van der Waals surface area contributed by atoms with E-state index in [0.29, 0.717) is 6.54 Å².